The van der Waals surface area contributed by atoms with E-state index in [1.807, 2.05) is 0 Å². The Labute approximate surface area is 103 Å². The fraction of sp³-hybridized carbons (Fsp3) is 0.364. The highest BCUT2D eigenvalue weighted by Crippen LogP contribution is 2.53. The van der Waals surface area contributed by atoms with Crippen LogP contribution in [0.4, 0.5) is 0 Å². The first-order valence-corrected chi connectivity index (χ1v) is 5.64. The van der Waals surface area contributed by atoms with E-state index in [0.717, 1.165) is 5.56 Å². The maximum atomic E-state index is 11.1. The van der Waals surface area contributed by atoms with Gasteiger partial charge in [-0.25, -0.2) is 0 Å². The van der Waals surface area contributed by atoms with E-state index in [2.05, 4.69) is 5.32 Å². The van der Waals surface area contributed by atoms with Crippen LogP contribution in [0.5, 0.6) is 0 Å². The van der Waals surface area contributed by atoms with Crippen LogP contribution in [0.1, 0.15) is 17.9 Å². The maximum Gasteiger partial charge on any atom is 0.324 e. The molecule has 16 heavy (non-hydrogen) atoms. The van der Waals surface area contributed by atoms with Gasteiger partial charge in [0, 0.05) is 16.0 Å². The average Bonchev–Trinajstić information content (AvgIpc) is 2.93. The number of hydrogen-bond donors (Lipinski definition) is 2. The molecule has 0 bridgehead atoms. The second-order valence-corrected chi connectivity index (χ2v) is 4.79. The van der Waals surface area contributed by atoms with Crippen molar-refractivity contribution in [2.75, 3.05) is 7.05 Å². The first-order chi connectivity index (χ1) is 7.51. The van der Waals surface area contributed by atoms with Gasteiger partial charge in [0.1, 0.15) is 5.54 Å². The number of carboxylic acids is 1. The largest absolute Gasteiger partial charge is 0.480 e. The van der Waals surface area contributed by atoms with Crippen molar-refractivity contribution in [2.24, 2.45) is 0 Å². The van der Waals surface area contributed by atoms with Crippen LogP contribution in [0.25, 0.3) is 0 Å². The van der Waals surface area contributed by atoms with Crippen LogP contribution in [0, 0.1) is 0 Å². The summed E-state index contributed by atoms with van der Waals surface area (Å²) in [6, 6.07) is 5.15. The number of rotatable bonds is 3. The van der Waals surface area contributed by atoms with Crippen molar-refractivity contribution in [1.29, 1.82) is 0 Å². The molecule has 2 rings (SSSR count). The molecule has 0 aliphatic heterocycles. The molecule has 1 aromatic carbocycles. The second kappa shape index (κ2) is 3.91. The Balaban J connectivity index is 2.32. The zero-order valence-electron chi connectivity index (χ0n) is 8.63. The summed E-state index contributed by atoms with van der Waals surface area (Å²) in [6.07, 6.45) is 0.556. The fourth-order valence-electron chi connectivity index (χ4n) is 2.04. The van der Waals surface area contributed by atoms with Gasteiger partial charge in [0.05, 0.1) is 0 Å². The van der Waals surface area contributed by atoms with Crippen LogP contribution in [-0.4, -0.2) is 23.7 Å². The molecule has 0 saturated heterocycles. The minimum absolute atomic E-state index is 0.0835. The minimum atomic E-state index is -0.864. The molecule has 2 N–H and O–H groups in total. The summed E-state index contributed by atoms with van der Waals surface area (Å²) < 4.78 is 0. The molecule has 3 nitrogen and oxygen atoms in total. The van der Waals surface area contributed by atoms with Gasteiger partial charge in [0.2, 0.25) is 0 Å². The van der Waals surface area contributed by atoms with Gasteiger partial charge in [-0.2, -0.15) is 0 Å². The van der Waals surface area contributed by atoms with E-state index >= 15 is 0 Å². The quantitative estimate of drug-likeness (QED) is 0.877. The van der Waals surface area contributed by atoms with Crippen molar-refractivity contribution < 1.29 is 9.90 Å². The average molecular weight is 260 g/mol. The first kappa shape index (κ1) is 11.7. The van der Waals surface area contributed by atoms with Crippen molar-refractivity contribution in [1.82, 2.24) is 5.32 Å². The van der Waals surface area contributed by atoms with Crippen molar-refractivity contribution in [3.63, 3.8) is 0 Å². The third-order valence-electron chi connectivity index (χ3n) is 3.13. The molecule has 0 heterocycles. The van der Waals surface area contributed by atoms with Crippen molar-refractivity contribution in [3.05, 3.63) is 33.8 Å². The summed E-state index contributed by atoms with van der Waals surface area (Å²) in [5, 5.41) is 13.1. The first-order valence-electron chi connectivity index (χ1n) is 4.88. The predicted molar refractivity (Wildman–Crippen MR) is 63.2 cm³/mol. The molecule has 2 unspecified atom stereocenters. The molecule has 2 atom stereocenters. The number of carboxylic acid groups (broad SMARTS) is 1. The molecular weight excluding hydrogens is 249 g/mol. The van der Waals surface area contributed by atoms with Crippen molar-refractivity contribution in [3.8, 4) is 0 Å². The van der Waals surface area contributed by atoms with Gasteiger partial charge in [0.25, 0.3) is 0 Å². The molecule has 0 spiro atoms. The van der Waals surface area contributed by atoms with E-state index in [1.165, 1.54) is 0 Å². The molecule has 0 amide bonds. The van der Waals surface area contributed by atoms with Gasteiger partial charge in [-0.05, 0) is 31.2 Å². The van der Waals surface area contributed by atoms with Crippen LogP contribution in [0.15, 0.2) is 18.2 Å². The van der Waals surface area contributed by atoms with Crippen molar-refractivity contribution >= 4 is 29.2 Å². The molecule has 0 aromatic heterocycles. The summed E-state index contributed by atoms with van der Waals surface area (Å²) in [5.41, 5.74) is -0.0277. The molecule has 1 aliphatic rings. The second-order valence-electron chi connectivity index (χ2n) is 3.95. The summed E-state index contributed by atoms with van der Waals surface area (Å²) in [5.74, 6) is -0.925. The topological polar surface area (TPSA) is 49.3 Å². The van der Waals surface area contributed by atoms with E-state index in [-0.39, 0.29) is 5.92 Å². The highest BCUT2D eigenvalue weighted by atomic mass is 35.5. The summed E-state index contributed by atoms with van der Waals surface area (Å²) >= 11 is 11.8. The lowest BCUT2D eigenvalue weighted by molar-refractivity contribution is -0.140. The Hall–Kier alpha value is -0.770. The molecule has 1 aliphatic carbocycles. The van der Waals surface area contributed by atoms with E-state index in [1.54, 1.807) is 25.2 Å². The minimum Gasteiger partial charge on any atom is -0.480 e. The highest BCUT2D eigenvalue weighted by molar-refractivity contribution is 6.35. The summed E-state index contributed by atoms with van der Waals surface area (Å²) in [6.45, 7) is 0. The van der Waals surface area contributed by atoms with E-state index in [0.29, 0.717) is 16.5 Å². The van der Waals surface area contributed by atoms with Gasteiger partial charge >= 0.3 is 5.97 Å². The van der Waals surface area contributed by atoms with Crippen LogP contribution in [0.2, 0.25) is 10.0 Å². The third kappa shape index (κ3) is 1.69. The zero-order chi connectivity index (χ0) is 11.9. The SMILES string of the molecule is CNC1(C(=O)O)CC1c1ccc(Cl)cc1Cl. The molecular formula is C11H11Cl2NO2. The molecule has 1 saturated carbocycles. The van der Waals surface area contributed by atoms with E-state index in [4.69, 9.17) is 28.3 Å². The molecule has 0 radical (unpaired) electrons. The fourth-order valence-corrected chi connectivity index (χ4v) is 2.58. The van der Waals surface area contributed by atoms with E-state index in [9.17, 15) is 4.79 Å². The predicted octanol–water partition coefficient (Wildman–Crippen LogP) is 2.52. The van der Waals surface area contributed by atoms with Gasteiger partial charge < -0.3 is 10.4 Å². The zero-order valence-corrected chi connectivity index (χ0v) is 10.1. The number of benzene rings is 1. The standard InChI is InChI=1S/C11H11Cl2NO2/c1-14-11(10(15)16)5-8(11)7-3-2-6(12)4-9(7)13/h2-4,8,14H,5H2,1H3,(H,15,16). The highest BCUT2D eigenvalue weighted by Gasteiger charge is 2.60. The molecule has 1 fully saturated rings. The van der Waals surface area contributed by atoms with Crippen LogP contribution < -0.4 is 5.32 Å². The smallest absolute Gasteiger partial charge is 0.324 e. The summed E-state index contributed by atoms with van der Waals surface area (Å²) in [7, 11) is 1.65. The van der Waals surface area contributed by atoms with Gasteiger partial charge in [0.15, 0.2) is 0 Å². The Kier molecular flexibility index (Phi) is 2.86. The van der Waals surface area contributed by atoms with Gasteiger partial charge in [-0.15, -0.1) is 0 Å². The normalized spacial score (nSPS) is 27.8. The number of nitrogens with one attached hydrogen (secondary N) is 1. The van der Waals surface area contributed by atoms with Crippen LogP contribution in [0.3, 0.4) is 0 Å². The maximum absolute atomic E-state index is 11.1. The lowest BCUT2D eigenvalue weighted by atomic mass is 10.1. The number of carbonyl (C=O) groups is 1. The molecule has 1 aromatic rings. The third-order valence-corrected chi connectivity index (χ3v) is 3.69. The summed E-state index contributed by atoms with van der Waals surface area (Å²) in [4.78, 5) is 11.1. The lowest BCUT2D eigenvalue weighted by Gasteiger charge is -2.11. The van der Waals surface area contributed by atoms with Gasteiger partial charge in [-0.3, -0.25) is 4.79 Å². The Bertz CT molecular complexity index is 450. The Morgan fingerprint density at radius 2 is 2.25 bits per heavy atom. The monoisotopic (exact) mass is 259 g/mol. The Morgan fingerprint density at radius 3 is 2.69 bits per heavy atom. The number of halogens is 2. The molecule has 5 heteroatoms. The van der Waals surface area contributed by atoms with Gasteiger partial charge in [-0.1, -0.05) is 29.3 Å². The molecule has 86 valence electrons. The Morgan fingerprint density at radius 1 is 1.56 bits per heavy atom. The lowest BCUT2D eigenvalue weighted by Crippen LogP contribution is -2.38. The number of aliphatic carboxylic acids is 1. The van der Waals surface area contributed by atoms with Crippen LogP contribution >= 0.6 is 23.2 Å². The number of hydrogen-bond acceptors (Lipinski definition) is 2. The van der Waals surface area contributed by atoms with E-state index < -0.39 is 11.5 Å². The van der Waals surface area contributed by atoms with Crippen LogP contribution in [-0.2, 0) is 4.79 Å². The van der Waals surface area contributed by atoms with Crippen molar-refractivity contribution in [2.45, 2.75) is 17.9 Å². The number of likely N-dealkylation sites (N-methyl/N-ethyl adjacent to an activating group) is 1.